The Kier molecular flexibility index (Phi) is 6.59. The van der Waals surface area contributed by atoms with E-state index in [1.165, 1.54) is 5.56 Å². The molecule has 4 atom stereocenters. The molecule has 0 aliphatic carbocycles. The Morgan fingerprint density at radius 2 is 1.56 bits per heavy atom. The lowest BCUT2D eigenvalue weighted by molar-refractivity contribution is -0.147. The van der Waals surface area contributed by atoms with Crippen molar-refractivity contribution in [1.29, 1.82) is 0 Å². The highest BCUT2D eigenvalue weighted by Crippen LogP contribution is 2.25. The molecule has 2 N–H and O–H groups in total. The number of hydrogen-bond acceptors (Lipinski definition) is 4. The first kappa shape index (κ1) is 18.1. The molecule has 134 valence electrons. The van der Waals surface area contributed by atoms with Gasteiger partial charge in [0.15, 0.2) is 0 Å². The van der Waals surface area contributed by atoms with Crippen molar-refractivity contribution in [2.45, 2.75) is 38.4 Å². The van der Waals surface area contributed by atoms with E-state index in [1.54, 1.807) is 0 Å². The van der Waals surface area contributed by atoms with Crippen molar-refractivity contribution in [3.63, 3.8) is 0 Å². The highest BCUT2D eigenvalue weighted by molar-refractivity contribution is 5.14. The molecule has 1 aliphatic rings. The van der Waals surface area contributed by atoms with Gasteiger partial charge < -0.3 is 19.9 Å². The van der Waals surface area contributed by atoms with E-state index in [0.29, 0.717) is 26.4 Å². The smallest absolute Gasteiger partial charge is 0.0860 e. The van der Waals surface area contributed by atoms with E-state index < -0.39 is 0 Å². The number of benzene rings is 2. The van der Waals surface area contributed by atoms with Crippen LogP contribution in [0.1, 0.15) is 18.1 Å². The van der Waals surface area contributed by atoms with Gasteiger partial charge >= 0.3 is 0 Å². The number of nitrogens with two attached hydrogens (primary N) is 1. The molecule has 3 rings (SSSR count). The van der Waals surface area contributed by atoms with Crippen LogP contribution in [-0.2, 0) is 27.4 Å². The SMILES string of the molecule is C[C@@H]1[C@H](OCc2ccccc2)[C@H](N)CO[C@@H]1COCc1ccccc1. The van der Waals surface area contributed by atoms with E-state index >= 15 is 0 Å². The Bertz CT molecular complexity index is 620. The third-order valence-electron chi connectivity index (χ3n) is 4.71. The van der Waals surface area contributed by atoms with Gasteiger partial charge in [-0.2, -0.15) is 0 Å². The molecular weight excluding hydrogens is 314 g/mol. The van der Waals surface area contributed by atoms with E-state index in [4.69, 9.17) is 19.9 Å². The highest BCUT2D eigenvalue weighted by atomic mass is 16.5. The van der Waals surface area contributed by atoms with Crippen LogP contribution < -0.4 is 5.73 Å². The van der Waals surface area contributed by atoms with Gasteiger partial charge in [-0.15, -0.1) is 0 Å². The monoisotopic (exact) mass is 341 g/mol. The third-order valence-corrected chi connectivity index (χ3v) is 4.71. The highest BCUT2D eigenvalue weighted by Gasteiger charge is 2.36. The van der Waals surface area contributed by atoms with E-state index in [1.807, 2.05) is 36.4 Å². The van der Waals surface area contributed by atoms with E-state index in [9.17, 15) is 0 Å². The summed E-state index contributed by atoms with van der Waals surface area (Å²) in [6.45, 7) is 4.35. The minimum atomic E-state index is -0.107. The second-order valence-corrected chi connectivity index (χ2v) is 6.66. The molecule has 0 amide bonds. The molecule has 0 spiro atoms. The van der Waals surface area contributed by atoms with Crippen molar-refractivity contribution < 1.29 is 14.2 Å². The van der Waals surface area contributed by atoms with E-state index in [2.05, 4.69) is 31.2 Å². The van der Waals surface area contributed by atoms with Crippen LogP contribution in [0, 0.1) is 5.92 Å². The van der Waals surface area contributed by atoms with Crippen LogP contribution in [0.25, 0.3) is 0 Å². The zero-order valence-electron chi connectivity index (χ0n) is 14.7. The predicted molar refractivity (Wildman–Crippen MR) is 98.0 cm³/mol. The Balaban J connectivity index is 1.50. The summed E-state index contributed by atoms with van der Waals surface area (Å²) in [7, 11) is 0. The fourth-order valence-corrected chi connectivity index (χ4v) is 3.19. The molecule has 1 saturated heterocycles. The second-order valence-electron chi connectivity index (χ2n) is 6.66. The number of hydrogen-bond donors (Lipinski definition) is 1. The minimum Gasteiger partial charge on any atom is -0.374 e. The lowest BCUT2D eigenvalue weighted by atomic mass is 9.90. The van der Waals surface area contributed by atoms with Crippen LogP contribution >= 0.6 is 0 Å². The molecule has 0 radical (unpaired) electrons. The lowest BCUT2D eigenvalue weighted by Crippen LogP contribution is -2.54. The molecule has 2 aromatic carbocycles. The first-order valence-corrected chi connectivity index (χ1v) is 8.88. The molecule has 4 heteroatoms. The Morgan fingerprint density at radius 3 is 2.20 bits per heavy atom. The summed E-state index contributed by atoms with van der Waals surface area (Å²) in [5, 5.41) is 0. The topological polar surface area (TPSA) is 53.7 Å². The predicted octanol–water partition coefficient (Wildman–Crippen LogP) is 3.15. The van der Waals surface area contributed by atoms with Gasteiger partial charge in [0.2, 0.25) is 0 Å². The normalized spacial score (nSPS) is 26.5. The van der Waals surface area contributed by atoms with Crippen LogP contribution in [0.3, 0.4) is 0 Å². The van der Waals surface area contributed by atoms with Crippen LogP contribution in [0.4, 0.5) is 0 Å². The third kappa shape index (κ3) is 5.13. The van der Waals surface area contributed by atoms with Crippen molar-refractivity contribution in [1.82, 2.24) is 0 Å². The van der Waals surface area contributed by atoms with Gasteiger partial charge in [0.25, 0.3) is 0 Å². The van der Waals surface area contributed by atoms with Crippen molar-refractivity contribution >= 4 is 0 Å². The minimum absolute atomic E-state index is 0.00397. The number of rotatable bonds is 7. The van der Waals surface area contributed by atoms with Crippen LogP contribution in [0.5, 0.6) is 0 Å². The summed E-state index contributed by atoms with van der Waals surface area (Å²) in [5.74, 6) is 0.184. The summed E-state index contributed by atoms with van der Waals surface area (Å²) >= 11 is 0. The molecule has 0 aromatic heterocycles. The van der Waals surface area contributed by atoms with Crippen molar-refractivity contribution in [2.24, 2.45) is 11.7 Å². The van der Waals surface area contributed by atoms with Gasteiger partial charge in [-0.25, -0.2) is 0 Å². The average Bonchev–Trinajstić information content (AvgIpc) is 2.65. The second kappa shape index (κ2) is 9.11. The molecule has 0 bridgehead atoms. The quantitative estimate of drug-likeness (QED) is 0.840. The van der Waals surface area contributed by atoms with E-state index in [0.717, 1.165) is 5.56 Å². The number of ether oxygens (including phenoxy) is 3. The van der Waals surface area contributed by atoms with Gasteiger partial charge in [0, 0.05) is 5.92 Å². The van der Waals surface area contributed by atoms with Crippen LogP contribution in [0.2, 0.25) is 0 Å². The summed E-state index contributed by atoms with van der Waals surface area (Å²) in [4.78, 5) is 0. The standard InChI is InChI=1S/C21H27NO3/c1-16-20(15-23-12-17-8-4-2-5-9-17)24-14-19(22)21(16)25-13-18-10-6-3-7-11-18/h2-11,16,19-21H,12-15,22H2,1H3/t16-,19+,20+,21-/m0/s1. The van der Waals surface area contributed by atoms with Gasteiger partial charge in [-0.3, -0.25) is 0 Å². The van der Waals surface area contributed by atoms with Crippen molar-refractivity contribution in [3.8, 4) is 0 Å². The Labute approximate surface area is 149 Å². The molecule has 25 heavy (non-hydrogen) atoms. The molecule has 0 unspecified atom stereocenters. The molecular formula is C21H27NO3. The largest absolute Gasteiger partial charge is 0.374 e. The zero-order valence-corrected chi connectivity index (χ0v) is 14.7. The van der Waals surface area contributed by atoms with Gasteiger partial charge in [0.05, 0.1) is 44.7 Å². The Hall–Kier alpha value is -1.72. The zero-order chi connectivity index (χ0) is 17.5. The fourth-order valence-electron chi connectivity index (χ4n) is 3.19. The summed E-state index contributed by atoms with van der Waals surface area (Å²) < 4.78 is 17.9. The van der Waals surface area contributed by atoms with E-state index in [-0.39, 0.29) is 24.2 Å². The lowest BCUT2D eigenvalue weighted by Gasteiger charge is -2.39. The van der Waals surface area contributed by atoms with Crippen molar-refractivity contribution in [3.05, 3.63) is 71.8 Å². The summed E-state index contributed by atoms with van der Waals surface area (Å²) in [6.07, 6.45) is -0.0245. The summed E-state index contributed by atoms with van der Waals surface area (Å²) in [5.41, 5.74) is 8.55. The van der Waals surface area contributed by atoms with Gasteiger partial charge in [0.1, 0.15) is 0 Å². The van der Waals surface area contributed by atoms with Gasteiger partial charge in [-0.1, -0.05) is 67.6 Å². The molecule has 1 fully saturated rings. The Morgan fingerprint density at radius 1 is 0.960 bits per heavy atom. The molecule has 1 aliphatic heterocycles. The van der Waals surface area contributed by atoms with Crippen LogP contribution in [-0.4, -0.2) is 31.5 Å². The first-order chi connectivity index (χ1) is 12.2. The fraction of sp³-hybridized carbons (Fsp3) is 0.429. The maximum absolute atomic E-state index is 6.22. The average molecular weight is 341 g/mol. The molecule has 4 nitrogen and oxygen atoms in total. The van der Waals surface area contributed by atoms with Gasteiger partial charge in [-0.05, 0) is 11.1 Å². The molecule has 1 heterocycles. The van der Waals surface area contributed by atoms with Crippen molar-refractivity contribution in [2.75, 3.05) is 13.2 Å². The van der Waals surface area contributed by atoms with Crippen LogP contribution in [0.15, 0.2) is 60.7 Å². The first-order valence-electron chi connectivity index (χ1n) is 8.88. The maximum atomic E-state index is 6.22. The summed E-state index contributed by atoms with van der Waals surface area (Å²) in [6, 6.07) is 20.2. The molecule has 0 saturated carbocycles. The maximum Gasteiger partial charge on any atom is 0.0860 e. The molecule has 2 aromatic rings.